The first-order valence-corrected chi connectivity index (χ1v) is 5.83. The largest absolute Gasteiger partial charge is 0.368 e. The molecule has 2 amide bonds. The van der Waals surface area contributed by atoms with Gasteiger partial charge in [-0.1, -0.05) is 13.8 Å². The molecule has 100 valence electrons. The molecule has 2 atom stereocenters. The van der Waals surface area contributed by atoms with Gasteiger partial charge in [-0.2, -0.15) is 0 Å². The zero-order valence-corrected chi connectivity index (χ0v) is 11.2. The second kappa shape index (κ2) is 7.50. The summed E-state index contributed by atoms with van der Waals surface area (Å²) in [6, 6.07) is -0.705. The van der Waals surface area contributed by atoms with E-state index in [1.54, 1.807) is 0 Å². The molecular formula is C11H22ClN3O2. The molecule has 0 aromatic carbocycles. The Morgan fingerprint density at radius 1 is 1.47 bits per heavy atom. The van der Waals surface area contributed by atoms with Crippen molar-refractivity contribution in [3.63, 3.8) is 0 Å². The molecule has 1 saturated heterocycles. The standard InChI is InChI=1S/C11H21N3O2.ClH/c1-7(2)6-9(10(12)15)14-11(16)8-4-3-5-13-8;/h7-9,13H,3-6H2,1-2H3,(H2,12,15)(H,14,16);1H/t8-,9-;/m0./s1. The van der Waals surface area contributed by atoms with Crippen molar-refractivity contribution < 1.29 is 9.59 Å². The smallest absolute Gasteiger partial charge is 0.240 e. The highest BCUT2D eigenvalue weighted by molar-refractivity contribution is 5.89. The van der Waals surface area contributed by atoms with Crippen LogP contribution in [0.5, 0.6) is 0 Å². The number of rotatable bonds is 5. The molecule has 0 bridgehead atoms. The fraction of sp³-hybridized carbons (Fsp3) is 0.818. The van der Waals surface area contributed by atoms with Gasteiger partial charge in [-0.3, -0.25) is 9.59 Å². The molecule has 1 aliphatic rings. The van der Waals surface area contributed by atoms with Crippen LogP contribution in [-0.4, -0.2) is 30.4 Å². The third kappa shape index (κ3) is 5.37. The van der Waals surface area contributed by atoms with E-state index in [4.69, 9.17) is 5.73 Å². The van der Waals surface area contributed by atoms with Crippen LogP contribution >= 0.6 is 12.4 Å². The van der Waals surface area contributed by atoms with Crippen LogP contribution in [0.1, 0.15) is 33.1 Å². The van der Waals surface area contributed by atoms with Crippen LogP contribution in [0, 0.1) is 5.92 Å². The molecule has 1 heterocycles. The Hall–Kier alpha value is -0.810. The highest BCUT2D eigenvalue weighted by atomic mass is 35.5. The van der Waals surface area contributed by atoms with Gasteiger partial charge in [-0.15, -0.1) is 12.4 Å². The summed E-state index contributed by atoms with van der Waals surface area (Å²) >= 11 is 0. The fourth-order valence-corrected chi connectivity index (χ4v) is 1.90. The Labute approximate surface area is 108 Å². The van der Waals surface area contributed by atoms with Crippen molar-refractivity contribution in [3.05, 3.63) is 0 Å². The van der Waals surface area contributed by atoms with E-state index in [9.17, 15) is 9.59 Å². The topological polar surface area (TPSA) is 84.2 Å². The van der Waals surface area contributed by atoms with Gasteiger partial charge in [0.2, 0.25) is 11.8 Å². The first-order chi connectivity index (χ1) is 7.50. The van der Waals surface area contributed by atoms with Gasteiger partial charge in [0.1, 0.15) is 6.04 Å². The molecular weight excluding hydrogens is 242 g/mol. The molecule has 6 heteroatoms. The number of hydrogen-bond acceptors (Lipinski definition) is 3. The number of nitrogens with one attached hydrogen (secondary N) is 2. The third-order valence-corrected chi connectivity index (χ3v) is 2.74. The molecule has 5 nitrogen and oxygen atoms in total. The monoisotopic (exact) mass is 263 g/mol. The molecule has 0 aromatic heterocycles. The Morgan fingerprint density at radius 3 is 2.53 bits per heavy atom. The second-order valence-electron chi connectivity index (χ2n) is 4.74. The minimum atomic E-state index is -0.546. The highest BCUT2D eigenvalue weighted by Gasteiger charge is 2.26. The summed E-state index contributed by atoms with van der Waals surface area (Å²) in [4.78, 5) is 22.9. The summed E-state index contributed by atoms with van der Waals surface area (Å²) < 4.78 is 0. The van der Waals surface area contributed by atoms with Crippen molar-refractivity contribution in [1.29, 1.82) is 0 Å². The number of carbonyl (C=O) groups is 2. The van der Waals surface area contributed by atoms with Gasteiger partial charge in [0.25, 0.3) is 0 Å². The van der Waals surface area contributed by atoms with E-state index >= 15 is 0 Å². The summed E-state index contributed by atoms with van der Waals surface area (Å²) in [6.45, 7) is 4.86. The highest BCUT2D eigenvalue weighted by Crippen LogP contribution is 2.08. The zero-order chi connectivity index (χ0) is 12.1. The van der Waals surface area contributed by atoms with Crippen LogP contribution in [0.15, 0.2) is 0 Å². The van der Waals surface area contributed by atoms with Gasteiger partial charge >= 0.3 is 0 Å². The van der Waals surface area contributed by atoms with Crippen molar-refractivity contribution >= 4 is 24.2 Å². The lowest BCUT2D eigenvalue weighted by Gasteiger charge is -2.19. The van der Waals surface area contributed by atoms with Gasteiger partial charge < -0.3 is 16.4 Å². The van der Waals surface area contributed by atoms with Crippen LogP contribution in [0.3, 0.4) is 0 Å². The number of primary amides is 1. The van der Waals surface area contributed by atoms with Crippen LogP contribution in [0.2, 0.25) is 0 Å². The molecule has 1 rings (SSSR count). The minimum Gasteiger partial charge on any atom is -0.368 e. The molecule has 0 unspecified atom stereocenters. The van der Waals surface area contributed by atoms with Gasteiger partial charge in [-0.25, -0.2) is 0 Å². The molecule has 0 aromatic rings. The van der Waals surface area contributed by atoms with Crippen molar-refractivity contribution in [2.45, 2.75) is 45.2 Å². The molecule has 0 spiro atoms. The summed E-state index contributed by atoms with van der Waals surface area (Å²) in [5, 5.41) is 5.80. The predicted molar refractivity (Wildman–Crippen MR) is 68.9 cm³/mol. The quantitative estimate of drug-likeness (QED) is 0.661. The van der Waals surface area contributed by atoms with Crippen LogP contribution < -0.4 is 16.4 Å². The van der Waals surface area contributed by atoms with Gasteiger partial charge in [-0.05, 0) is 31.7 Å². The van der Waals surface area contributed by atoms with E-state index in [0.717, 1.165) is 19.4 Å². The lowest BCUT2D eigenvalue weighted by atomic mass is 10.0. The summed E-state index contributed by atoms with van der Waals surface area (Å²) in [6.07, 6.45) is 2.43. The second-order valence-corrected chi connectivity index (χ2v) is 4.74. The molecule has 1 fully saturated rings. The Balaban J connectivity index is 0.00000256. The van der Waals surface area contributed by atoms with Gasteiger partial charge in [0.15, 0.2) is 0 Å². The first-order valence-electron chi connectivity index (χ1n) is 5.83. The van der Waals surface area contributed by atoms with E-state index in [2.05, 4.69) is 10.6 Å². The zero-order valence-electron chi connectivity index (χ0n) is 10.4. The third-order valence-electron chi connectivity index (χ3n) is 2.74. The number of carbonyl (C=O) groups excluding carboxylic acids is 2. The van der Waals surface area contributed by atoms with E-state index in [1.807, 2.05) is 13.8 Å². The van der Waals surface area contributed by atoms with Crippen molar-refractivity contribution in [2.75, 3.05) is 6.54 Å². The molecule has 1 aliphatic heterocycles. The summed E-state index contributed by atoms with van der Waals surface area (Å²) in [5.74, 6) is -0.240. The van der Waals surface area contributed by atoms with Crippen molar-refractivity contribution in [3.8, 4) is 0 Å². The maximum absolute atomic E-state index is 11.8. The maximum Gasteiger partial charge on any atom is 0.240 e. The minimum absolute atomic E-state index is 0. The lowest BCUT2D eigenvalue weighted by molar-refractivity contribution is -0.128. The number of nitrogens with two attached hydrogens (primary N) is 1. The van der Waals surface area contributed by atoms with E-state index < -0.39 is 11.9 Å². The van der Waals surface area contributed by atoms with Crippen LogP contribution in [-0.2, 0) is 9.59 Å². The van der Waals surface area contributed by atoms with E-state index in [0.29, 0.717) is 12.3 Å². The van der Waals surface area contributed by atoms with E-state index in [-0.39, 0.29) is 24.4 Å². The SMILES string of the molecule is CC(C)C[C@H](NC(=O)[C@@H]1CCCN1)C(N)=O.Cl. The molecule has 4 N–H and O–H groups in total. The molecule has 0 radical (unpaired) electrons. The molecule has 0 saturated carbocycles. The average Bonchev–Trinajstić information content (AvgIpc) is 2.68. The average molecular weight is 264 g/mol. The summed E-state index contributed by atoms with van der Waals surface area (Å²) in [5.41, 5.74) is 5.26. The number of halogens is 1. The van der Waals surface area contributed by atoms with E-state index in [1.165, 1.54) is 0 Å². The first kappa shape index (κ1) is 16.2. The maximum atomic E-state index is 11.8. The Kier molecular flexibility index (Phi) is 7.15. The van der Waals surface area contributed by atoms with Crippen molar-refractivity contribution in [1.82, 2.24) is 10.6 Å². The lowest BCUT2D eigenvalue weighted by Crippen LogP contribution is -2.50. The summed E-state index contributed by atoms with van der Waals surface area (Å²) in [7, 11) is 0. The normalized spacial score (nSPS) is 20.8. The van der Waals surface area contributed by atoms with Gasteiger partial charge in [0, 0.05) is 0 Å². The van der Waals surface area contributed by atoms with Crippen LogP contribution in [0.25, 0.3) is 0 Å². The number of hydrogen-bond donors (Lipinski definition) is 3. The van der Waals surface area contributed by atoms with Gasteiger partial charge in [0.05, 0.1) is 6.04 Å². The number of amides is 2. The molecule has 0 aliphatic carbocycles. The predicted octanol–water partition coefficient (Wildman–Crippen LogP) is 0.176. The fourth-order valence-electron chi connectivity index (χ4n) is 1.90. The molecule has 17 heavy (non-hydrogen) atoms. The van der Waals surface area contributed by atoms with Crippen molar-refractivity contribution in [2.24, 2.45) is 11.7 Å². The van der Waals surface area contributed by atoms with Crippen LogP contribution in [0.4, 0.5) is 0 Å². The Bertz CT molecular complexity index is 265. The Morgan fingerprint density at radius 2 is 2.12 bits per heavy atom.